The normalized spacial score (nSPS) is 10.6. The lowest BCUT2D eigenvalue weighted by molar-refractivity contribution is 0.269. The maximum Gasteiger partial charge on any atom is 0.191 e. The molecular formula is C15H16F2N2O. The first-order valence-corrected chi connectivity index (χ1v) is 6.27. The van der Waals surface area contributed by atoms with Crippen molar-refractivity contribution in [1.29, 1.82) is 0 Å². The van der Waals surface area contributed by atoms with Crippen molar-refractivity contribution in [2.75, 3.05) is 7.05 Å². The minimum absolute atomic E-state index is 0.0336. The molecule has 0 unspecified atom stereocenters. The summed E-state index contributed by atoms with van der Waals surface area (Å²) in [6.07, 6.45) is 1.62. The number of nitrogens with zero attached hydrogens (tertiary/aromatic N) is 1. The Balaban J connectivity index is 2.16. The molecule has 5 heteroatoms. The molecule has 2 aromatic rings. The van der Waals surface area contributed by atoms with E-state index in [1.165, 1.54) is 12.1 Å². The molecule has 1 N–H and O–H groups in total. The number of hydrogen-bond donors (Lipinski definition) is 1. The summed E-state index contributed by atoms with van der Waals surface area (Å²) in [5, 5.41) is 2.84. The van der Waals surface area contributed by atoms with E-state index in [9.17, 15) is 8.78 Å². The van der Waals surface area contributed by atoms with Gasteiger partial charge in [-0.2, -0.15) is 0 Å². The van der Waals surface area contributed by atoms with Gasteiger partial charge in [0, 0.05) is 12.7 Å². The molecule has 0 radical (unpaired) electrons. The van der Waals surface area contributed by atoms with Crippen LogP contribution in [0.3, 0.4) is 0 Å². The third kappa shape index (κ3) is 3.30. The number of benzene rings is 1. The summed E-state index contributed by atoms with van der Waals surface area (Å²) >= 11 is 0. The standard InChI is InChI=1S/C15H16F2N2O/c1-10-4-3-5-19-14(10)9-20-15-12(16)6-11(8-18-2)7-13(15)17/h3-7,18H,8-9H2,1-2H3. The second-order valence-electron chi connectivity index (χ2n) is 4.47. The van der Waals surface area contributed by atoms with E-state index in [2.05, 4.69) is 10.3 Å². The van der Waals surface area contributed by atoms with Gasteiger partial charge in [-0.3, -0.25) is 4.98 Å². The van der Waals surface area contributed by atoms with Crippen molar-refractivity contribution in [3.63, 3.8) is 0 Å². The molecule has 0 spiro atoms. The minimum Gasteiger partial charge on any atom is -0.481 e. The SMILES string of the molecule is CNCc1cc(F)c(OCc2ncccc2C)c(F)c1. The fourth-order valence-corrected chi connectivity index (χ4v) is 1.87. The van der Waals surface area contributed by atoms with Gasteiger partial charge in [-0.1, -0.05) is 6.07 Å². The fourth-order valence-electron chi connectivity index (χ4n) is 1.87. The van der Waals surface area contributed by atoms with Crippen molar-refractivity contribution in [2.24, 2.45) is 0 Å². The number of hydrogen-bond acceptors (Lipinski definition) is 3. The Kier molecular flexibility index (Phi) is 4.63. The molecule has 1 heterocycles. The highest BCUT2D eigenvalue weighted by Crippen LogP contribution is 2.24. The van der Waals surface area contributed by atoms with E-state index in [-0.39, 0.29) is 12.4 Å². The van der Waals surface area contributed by atoms with Crippen LogP contribution in [0.25, 0.3) is 0 Å². The largest absolute Gasteiger partial charge is 0.481 e. The van der Waals surface area contributed by atoms with Crippen molar-refractivity contribution < 1.29 is 13.5 Å². The van der Waals surface area contributed by atoms with Crippen LogP contribution in [0.1, 0.15) is 16.8 Å². The molecule has 0 amide bonds. The predicted octanol–water partition coefficient (Wildman–Crippen LogP) is 2.97. The van der Waals surface area contributed by atoms with Gasteiger partial charge in [0.15, 0.2) is 17.4 Å². The van der Waals surface area contributed by atoms with Crippen LogP contribution in [-0.2, 0) is 13.2 Å². The minimum atomic E-state index is -0.705. The van der Waals surface area contributed by atoms with Crippen molar-refractivity contribution in [3.8, 4) is 5.75 Å². The van der Waals surface area contributed by atoms with E-state index in [1.807, 2.05) is 13.0 Å². The van der Waals surface area contributed by atoms with E-state index in [1.54, 1.807) is 19.3 Å². The molecule has 0 bridgehead atoms. The molecular weight excluding hydrogens is 262 g/mol. The molecule has 1 aromatic carbocycles. The molecule has 20 heavy (non-hydrogen) atoms. The molecule has 0 fully saturated rings. The van der Waals surface area contributed by atoms with Crippen LogP contribution in [0.15, 0.2) is 30.5 Å². The van der Waals surface area contributed by atoms with Crippen molar-refractivity contribution in [3.05, 3.63) is 58.9 Å². The van der Waals surface area contributed by atoms with E-state index >= 15 is 0 Å². The lowest BCUT2D eigenvalue weighted by Gasteiger charge is -2.11. The monoisotopic (exact) mass is 278 g/mol. The van der Waals surface area contributed by atoms with Crippen LogP contribution in [0.2, 0.25) is 0 Å². The van der Waals surface area contributed by atoms with Gasteiger partial charge in [-0.05, 0) is 43.3 Å². The third-order valence-electron chi connectivity index (χ3n) is 2.91. The molecule has 1 aromatic heterocycles. The maximum absolute atomic E-state index is 13.8. The van der Waals surface area contributed by atoms with Crippen LogP contribution in [0, 0.1) is 18.6 Å². The predicted molar refractivity (Wildman–Crippen MR) is 72.4 cm³/mol. The summed E-state index contributed by atoms with van der Waals surface area (Å²) in [6, 6.07) is 6.20. The van der Waals surface area contributed by atoms with E-state index in [4.69, 9.17) is 4.74 Å². The average molecular weight is 278 g/mol. The summed E-state index contributed by atoms with van der Waals surface area (Å²) in [5.74, 6) is -1.78. The Hall–Kier alpha value is -2.01. The smallest absolute Gasteiger partial charge is 0.191 e. The molecule has 0 saturated heterocycles. The molecule has 0 atom stereocenters. The van der Waals surface area contributed by atoms with Gasteiger partial charge in [-0.15, -0.1) is 0 Å². The topological polar surface area (TPSA) is 34.1 Å². The van der Waals surface area contributed by atoms with Crippen molar-refractivity contribution in [2.45, 2.75) is 20.1 Å². The molecule has 0 aliphatic rings. The van der Waals surface area contributed by atoms with Gasteiger partial charge in [0.2, 0.25) is 0 Å². The van der Waals surface area contributed by atoms with Crippen LogP contribution < -0.4 is 10.1 Å². The zero-order valence-corrected chi connectivity index (χ0v) is 11.4. The molecule has 3 nitrogen and oxygen atoms in total. The van der Waals surface area contributed by atoms with Crippen LogP contribution in [0.5, 0.6) is 5.75 Å². The first kappa shape index (κ1) is 14.4. The Bertz CT molecular complexity index is 579. The summed E-state index contributed by atoms with van der Waals surface area (Å²) in [7, 11) is 1.71. The Labute approximate surface area is 116 Å². The highest BCUT2D eigenvalue weighted by atomic mass is 19.1. The number of aromatic nitrogens is 1. The van der Waals surface area contributed by atoms with Gasteiger partial charge >= 0.3 is 0 Å². The van der Waals surface area contributed by atoms with Crippen LogP contribution in [0.4, 0.5) is 8.78 Å². The van der Waals surface area contributed by atoms with E-state index < -0.39 is 11.6 Å². The molecule has 0 saturated carbocycles. The van der Waals surface area contributed by atoms with Gasteiger partial charge in [0.1, 0.15) is 6.61 Å². The number of pyridine rings is 1. The van der Waals surface area contributed by atoms with E-state index in [0.717, 1.165) is 5.56 Å². The van der Waals surface area contributed by atoms with Gasteiger partial charge in [-0.25, -0.2) is 8.78 Å². The van der Waals surface area contributed by atoms with Crippen molar-refractivity contribution in [1.82, 2.24) is 10.3 Å². The highest BCUT2D eigenvalue weighted by Gasteiger charge is 2.13. The highest BCUT2D eigenvalue weighted by molar-refractivity contribution is 5.31. The molecule has 2 rings (SSSR count). The summed E-state index contributed by atoms with van der Waals surface area (Å²) in [4.78, 5) is 4.12. The maximum atomic E-state index is 13.8. The lowest BCUT2D eigenvalue weighted by Crippen LogP contribution is -2.08. The Morgan fingerprint density at radius 2 is 1.95 bits per heavy atom. The Morgan fingerprint density at radius 3 is 2.55 bits per heavy atom. The fraction of sp³-hybridized carbons (Fsp3) is 0.267. The first-order chi connectivity index (χ1) is 9.61. The quantitative estimate of drug-likeness (QED) is 0.913. The van der Waals surface area contributed by atoms with Gasteiger partial charge in [0.05, 0.1) is 5.69 Å². The molecule has 0 aliphatic heterocycles. The molecule has 0 aliphatic carbocycles. The number of ether oxygens (including phenoxy) is 1. The first-order valence-electron chi connectivity index (χ1n) is 6.27. The van der Waals surface area contributed by atoms with Gasteiger partial charge in [0.25, 0.3) is 0 Å². The number of halogens is 2. The zero-order valence-electron chi connectivity index (χ0n) is 11.4. The van der Waals surface area contributed by atoms with E-state index in [0.29, 0.717) is 17.8 Å². The lowest BCUT2D eigenvalue weighted by atomic mass is 10.2. The summed E-state index contributed by atoms with van der Waals surface area (Å²) in [6.45, 7) is 2.30. The number of aryl methyl sites for hydroxylation is 1. The Morgan fingerprint density at radius 1 is 1.25 bits per heavy atom. The summed E-state index contributed by atoms with van der Waals surface area (Å²) < 4.78 is 32.9. The average Bonchev–Trinajstić information content (AvgIpc) is 2.40. The van der Waals surface area contributed by atoms with Crippen molar-refractivity contribution >= 4 is 0 Å². The van der Waals surface area contributed by atoms with Gasteiger partial charge < -0.3 is 10.1 Å². The zero-order chi connectivity index (χ0) is 14.5. The second kappa shape index (κ2) is 6.43. The number of nitrogens with one attached hydrogen (secondary N) is 1. The van der Waals surface area contributed by atoms with Crippen LogP contribution >= 0.6 is 0 Å². The second-order valence-corrected chi connectivity index (χ2v) is 4.47. The van der Waals surface area contributed by atoms with Crippen LogP contribution in [-0.4, -0.2) is 12.0 Å². The summed E-state index contributed by atoms with van der Waals surface area (Å²) in [5.41, 5.74) is 2.11. The third-order valence-corrected chi connectivity index (χ3v) is 2.91. The molecule has 106 valence electrons. The number of rotatable bonds is 5.